The number of aliphatic hydroxyl groups is 1. The predicted octanol–water partition coefficient (Wildman–Crippen LogP) is 2.50. The Morgan fingerprint density at radius 3 is 2.38 bits per heavy atom. The van der Waals surface area contributed by atoms with Crippen LogP contribution in [0.1, 0.15) is 64.3 Å². The van der Waals surface area contributed by atoms with Crippen LogP contribution in [0.3, 0.4) is 0 Å². The molecule has 0 saturated heterocycles. The minimum absolute atomic E-state index is 0.0788. The van der Waals surface area contributed by atoms with Gasteiger partial charge in [-0.25, -0.2) is 0 Å². The number of imide groups is 1. The van der Waals surface area contributed by atoms with Gasteiger partial charge in [-0.3, -0.25) is 14.4 Å². The van der Waals surface area contributed by atoms with E-state index in [0.29, 0.717) is 28.9 Å². The lowest BCUT2D eigenvalue weighted by Crippen LogP contribution is -2.55. The van der Waals surface area contributed by atoms with E-state index in [-0.39, 0.29) is 5.92 Å². The highest BCUT2D eigenvalue weighted by molar-refractivity contribution is 6.20. The molecule has 3 unspecified atom stereocenters. The van der Waals surface area contributed by atoms with E-state index >= 15 is 0 Å². The Morgan fingerprint density at radius 1 is 1.08 bits per heavy atom. The van der Waals surface area contributed by atoms with Crippen molar-refractivity contribution in [2.45, 2.75) is 43.6 Å². The van der Waals surface area contributed by atoms with Crippen LogP contribution in [0.4, 0.5) is 0 Å². The quantitative estimate of drug-likeness (QED) is 0.848. The largest absolute Gasteiger partial charge is 0.389 e. The van der Waals surface area contributed by atoms with Crippen LogP contribution in [0.25, 0.3) is 0 Å². The van der Waals surface area contributed by atoms with E-state index in [1.807, 2.05) is 12.1 Å². The van der Waals surface area contributed by atoms with E-state index in [0.717, 1.165) is 23.5 Å². The molecule has 4 fully saturated rings. The molecule has 0 aromatic heterocycles. The van der Waals surface area contributed by atoms with Crippen LogP contribution in [0.5, 0.6) is 0 Å². The average Bonchev–Trinajstić information content (AvgIpc) is 2.76. The summed E-state index contributed by atoms with van der Waals surface area (Å²) >= 11 is 0. The molecule has 1 heterocycles. The maximum atomic E-state index is 12.4. The SMILES string of the molecule is CON1C(=O)c2ccc(C3C4CC5CC(C4)CC3(O)C5)cc2C1=O. The lowest BCUT2D eigenvalue weighted by Gasteiger charge is -2.59. The number of hydrogen-bond donors (Lipinski definition) is 1. The molecule has 5 aliphatic rings. The van der Waals surface area contributed by atoms with Crippen molar-refractivity contribution in [3.8, 4) is 0 Å². The van der Waals surface area contributed by atoms with Gasteiger partial charge in [0.15, 0.2) is 0 Å². The van der Waals surface area contributed by atoms with Crippen molar-refractivity contribution in [3.63, 3.8) is 0 Å². The topological polar surface area (TPSA) is 66.8 Å². The third kappa shape index (κ3) is 1.77. The first-order valence-electron chi connectivity index (χ1n) is 8.79. The van der Waals surface area contributed by atoms with Crippen LogP contribution in [-0.2, 0) is 4.84 Å². The molecule has 4 bridgehead atoms. The second-order valence-corrected chi connectivity index (χ2v) is 8.08. The van der Waals surface area contributed by atoms with Crippen molar-refractivity contribution in [3.05, 3.63) is 34.9 Å². The lowest BCUT2D eigenvalue weighted by molar-refractivity contribution is -0.143. The van der Waals surface area contributed by atoms with E-state index in [4.69, 9.17) is 4.84 Å². The van der Waals surface area contributed by atoms with Gasteiger partial charge in [-0.1, -0.05) is 6.07 Å². The zero-order valence-electron chi connectivity index (χ0n) is 13.7. The predicted molar refractivity (Wildman–Crippen MR) is 85.2 cm³/mol. The monoisotopic (exact) mass is 327 g/mol. The van der Waals surface area contributed by atoms with Crippen LogP contribution >= 0.6 is 0 Å². The second-order valence-electron chi connectivity index (χ2n) is 8.08. The van der Waals surface area contributed by atoms with Crippen molar-refractivity contribution in [1.82, 2.24) is 5.06 Å². The van der Waals surface area contributed by atoms with Crippen molar-refractivity contribution in [2.24, 2.45) is 17.8 Å². The molecule has 0 radical (unpaired) electrons. The van der Waals surface area contributed by atoms with E-state index in [2.05, 4.69) is 0 Å². The van der Waals surface area contributed by atoms with Crippen molar-refractivity contribution >= 4 is 11.8 Å². The summed E-state index contributed by atoms with van der Waals surface area (Å²) in [5.41, 5.74) is 1.15. The van der Waals surface area contributed by atoms with Gasteiger partial charge in [-0.15, -0.1) is 5.06 Å². The van der Waals surface area contributed by atoms with Crippen LogP contribution in [-0.4, -0.2) is 34.7 Å². The fraction of sp³-hybridized carbons (Fsp3) is 0.579. The first-order chi connectivity index (χ1) is 11.5. The Hall–Kier alpha value is -1.72. The number of carbonyl (C=O) groups excluding carboxylic acids is 2. The Morgan fingerprint density at radius 2 is 1.75 bits per heavy atom. The van der Waals surface area contributed by atoms with E-state index < -0.39 is 17.4 Å². The van der Waals surface area contributed by atoms with E-state index in [1.54, 1.807) is 6.07 Å². The van der Waals surface area contributed by atoms with Gasteiger partial charge in [0.05, 0.1) is 23.8 Å². The molecular formula is C19H21NO4. The molecule has 4 saturated carbocycles. The number of rotatable bonds is 2. The summed E-state index contributed by atoms with van der Waals surface area (Å²) in [6.45, 7) is 0. The molecular weight excluding hydrogens is 306 g/mol. The highest BCUT2D eigenvalue weighted by atomic mass is 16.7. The molecule has 2 amide bonds. The maximum absolute atomic E-state index is 12.4. The lowest BCUT2D eigenvalue weighted by atomic mass is 9.48. The average molecular weight is 327 g/mol. The summed E-state index contributed by atoms with van der Waals surface area (Å²) in [4.78, 5) is 29.4. The van der Waals surface area contributed by atoms with Gasteiger partial charge in [-0.2, -0.15) is 0 Å². The first-order valence-corrected chi connectivity index (χ1v) is 8.79. The molecule has 1 N–H and O–H groups in total. The van der Waals surface area contributed by atoms with Crippen molar-refractivity contribution in [1.29, 1.82) is 0 Å². The van der Waals surface area contributed by atoms with E-state index in [1.165, 1.54) is 26.4 Å². The Bertz CT molecular complexity index is 744. The number of fused-ring (bicyclic) bond motifs is 1. The Kier molecular flexibility index (Phi) is 2.84. The number of nitrogens with zero attached hydrogens (tertiary/aromatic N) is 1. The molecule has 1 aromatic rings. The summed E-state index contributed by atoms with van der Waals surface area (Å²) < 4.78 is 0. The summed E-state index contributed by atoms with van der Waals surface area (Å²) in [7, 11) is 1.32. The van der Waals surface area contributed by atoms with E-state index in [9.17, 15) is 14.7 Å². The van der Waals surface area contributed by atoms with Gasteiger partial charge in [-0.05, 0) is 67.6 Å². The van der Waals surface area contributed by atoms with Gasteiger partial charge in [0, 0.05) is 5.92 Å². The van der Waals surface area contributed by atoms with Gasteiger partial charge in [0.1, 0.15) is 0 Å². The highest BCUT2D eigenvalue weighted by Gasteiger charge is 2.56. The molecule has 5 heteroatoms. The maximum Gasteiger partial charge on any atom is 0.285 e. The molecule has 1 aromatic carbocycles. The molecule has 5 nitrogen and oxygen atoms in total. The molecule has 1 aliphatic heterocycles. The fourth-order valence-electron chi connectivity index (χ4n) is 6.18. The summed E-state index contributed by atoms with van der Waals surface area (Å²) in [6.07, 6.45) is 5.37. The summed E-state index contributed by atoms with van der Waals surface area (Å²) in [5, 5.41) is 12.1. The van der Waals surface area contributed by atoms with Gasteiger partial charge < -0.3 is 5.11 Å². The number of hydroxylamine groups is 2. The molecule has 0 spiro atoms. The van der Waals surface area contributed by atoms with Crippen LogP contribution in [0.2, 0.25) is 0 Å². The van der Waals surface area contributed by atoms with Crippen LogP contribution in [0.15, 0.2) is 18.2 Å². The van der Waals surface area contributed by atoms with Crippen molar-refractivity contribution < 1.29 is 19.5 Å². The Labute approximate surface area is 140 Å². The standard InChI is InChI=1S/C19H21NO4/c1-24-20-17(21)14-3-2-12(7-15(14)18(20)22)16-13-5-10-4-11(6-13)9-19(16,23)8-10/h2-3,7,10-11,13,16,23H,4-6,8-9H2,1H3. The normalized spacial score (nSPS) is 39.7. The molecule has 24 heavy (non-hydrogen) atoms. The highest BCUT2D eigenvalue weighted by Crippen LogP contribution is 2.61. The third-order valence-electron chi connectivity index (χ3n) is 6.69. The van der Waals surface area contributed by atoms with Crippen molar-refractivity contribution in [2.75, 3.05) is 7.11 Å². The molecule has 3 atom stereocenters. The molecule has 4 aliphatic carbocycles. The summed E-state index contributed by atoms with van der Waals surface area (Å²) in [6, 6.07) is 5.46. The summed E-state index contributed by atoms with van der Waals surface area (Å²) in [5.74, 6) is 1.07. The number of benzene rings is 1. The number of carbonyl (C=O) groups is 2. The van der Waals surface area contributed by atoms with Crippen LogP contribution in [0, 0.1) is 17.8 Å². The zero-order valence-corrected chi connectivity index (χ0v) is 13.7. The Balaban J connectivity index is 1.56. The van der Waals surface area contributed by atoms with Gasteiger partial charge >= 0.3 is 0 Å². The minimum atomic E-state index is -0.643. The fourth-order valence-corrected chi connectivity index (χ4v) is 6.18. The van der Waals surface area contributed by atoms with Gasteiger partial charge in [0.2, 0.25) is 0 Å². The third-order valence-corrected chi connectivity index (χ3v) is 6.69. The van der Waals surface area contributed by atoms with Gasteiger partial charge in [0.25, 0.3) is 11.8 Å². The minimum Gasteiger partial charge on any atom is -0.389 e. The smallest absolute Gasteiger partial charge is 0.285 e. The molecule has 6 rings (SSSR count). The molecule has 126 valence electrons. The first kappa shape index (κ1) is 14.6. The number of hydrogen-bond acceptors (Lipinski definition) is 4. The number of amides is 2. The second kappa shape index (κ2) is 4.67. The zero-order chi connectivity index (χ0) is 16.6. The van der Waals surface area contributed by atoms with Crippen LogP contribution < -0.4 is 0 Å².